The lowest BCUT2D eigenvalue weighted by molar-refractivity contribution is 0.606. The molecule has 0 amide bonds. The zero-order chi connectivity index (χ0) is 13.1. The van der Waals surface area contributed by atoms with Crippen molar-refractivity contribution < 1.29 is 0 Å². The number of alkyl halides is 1. The van der Waals surface area contributed by atoms with Crippen molar-refractivity contribution in [1.82, 2.24) is 0 Å². The van der Waals surface area contributed by atoms with Crippen molar-refractivity contribution in [3.05, 3.63) is 28.7 Å². The van der Waals surface area contributed by atoms with Crippen LogP contribution in [0.3, 0.4) is 0 Å². The van der Waals surface area contributed by atoms with Gasteiger partial charge in [0.1, 0.15) is 0 Å². The maximum Gasteiger partial charge on any atom is 0.0186 e. The number of thioether (sulfide) groups is 1. The highest BCUT2D eigenvalue weighted by atomic mass is 79.9. The third-order valence-electron chi connectivity index (χ3n) is 2.84. The van der Waals surface area contributed by atoms with E-state index < -0.39 is 0 Å². The average Bonchev–Trinajstić information content (AvgIpc) is 2.37. The van der Waals surface area contributed by atoms with Crippen molar-refractivity contribution in [1.29, 1.82) is 0 Å². The molecular weight excluding hydrogens is 372 g/mol. The zero-order valence-electron chi connectivity index (χ0n) is 10.8. The fraction of sp³-hybridized carbons (Fsp3) is 0.600. The topological polar surface area (TPSA) is 0 Å². The van der Waals surface area contributed by atoms with E-state index in [-0.39, 0.29) is 0 Å². The minimum Gasteiger partial charge on any atom is -0.126 e. The van der Waals surface area contributed by atoms with Crippen molar-refractivity contribution in [3.8, 4) is 0 Å². The summed E-state index contributed by atoms with van der Waals surface area (Å²) in [6.07, 6.45) is 9.67. The SMILES string of the molecule is BrCCCCCCCCCSc1cccc(Br)c1. The molecule has 0 spiro atoms. The molecule has 0 unspecified atom stereocenters. The highest BCUT2D eigenvalue weighted by molar-refractivity contribution is 9.10. The minimum absolute atomic E-state index is 1.16. The van der Waals surface area contributed by atoms with Gasteiger partial charge in [0.25, 0.3) is 0 Å². The molecule has 0 saturated heterocycles. The first kappa shape index (κ1) is 16.6. The van der Waals surface area contributed by atoms with Crippen molar-refractivity contribution >= 4 is 43.6 Å². The summed E-state index contributed by atoms with van der Waals surface area (Å²) in [6, 6.07) is 8.58. The molecule has 1 rings (SSSR count). The van der Waals surface area contributed by atoms with E-state index in [2.05, 4.69) is 56.1 Å². The molecule has 18 heavy (non-hydrogen) atoms. The number of benzene rings is 1. The van der Waals surface area contributed by atoms with E-state index in [9.17, 15) is 0 Å². The van der Waals surface area contributed by atoms with Gasteiger partial charge >= 0.3 is 0 Å². The van der Waals surface area contributed by atoms with Crippen LogP contribution in [0.5, 0.6) is 0 Å². The van der Waals surface area contributed by atoms with Crippen LogP contribution in [0.1, 0.15) is 44.9 Å². The quantitative estimate of drug-likeness (QED) is 0.243. The molecule has 0 aliphatic carbocycles. The Kier molecular flexibility index (Phi) is 10.5. The molecule has 0 saturated carbocycles. The first-order valence-corrected chi connectivity index (χ1v) is 9.67. The standard InChI is InChI=1S/C15H22Br2S/c16-11-6-4-2-1-3-5-7-12-18-15-10-8-9-14(17)13-15/h8-10,13H,1-7,11-12H2. The summed E-state index contributed by atoms with van der Waals surface area (Å²) < 4.78 is 1.18. The lowest BCUT2D eigenvalue weighted by Gasteiger charge is -2.03. The first-order chi connectivity index (χ1) is 8.83. The molecule has 102 valence electrons. The fourth-order valence-corrected chi connectivity index (χ4v) is 3.74. The minimum atomic E-state index is 1.16. The number of unbranched alkanes of at least 4 members (excludes halogenated alkanes) is 6. The average molecular weight is 394 g/mol. The Labute approximate surface area is 133 Å². The van der Waals surface area contributed by atoms with Gasteiger partial charge in [-0.25, -0.2) is 0 Å². The second-order valence-electron chi connectivity index (χ2n) is 4.47. The zero-order valence-corrected chi connectivity index (χ0v) is 14.8. The summed E-state index contributed by atoms with van der Waals surface area (Å²) in [5.41, 5.74) is 0. The van der Waals surface area contributed by atoms with Gasteiger partial charge in [0.2, 0.25) is 0 Å². The smallest absolute Gasteiger partial charge is 0.0186 e. The second-order valence-corrected chi connectivity index (χ2v) is 7.35. The predicted octanol–water partition coefficient (Wildman–Crippen LogP) is 6.67. The van der Waals surface area contributed by atoms with E-state index in [1.807, 2.05) is 11.8 Å². The molecule has 1 aromatic carbocycles. The lowest BCUT2D eigenvalue weighted by atomic mass is 10.1. The molecular formula is C15H22Br2S. The molecule has 0 nitrogen and oxygen atoms in total. The Bertz CT molecular complexity index is 315. The van der Waals surface area contributed by atoms with E-state index in [1.54, 1.807) is 0 Å². The van der Waals surface area contributed by atoms with Crippen molar-refractivity contribution in [2.45, 2.75) is 49.8 Å². The van der Waals surface area contributed by atoms with E-state index in [1.165, 1.54) is 60.1 Å². The third-order valence-corrected chi connectivity index (χ3v) is 4.98. The molecule has 3 heteroatoms. The normalized spacial score (nSPS) is 10.8. The summed E-state index contributed by atoms with van der Waals surface area (Å²) in [5.74, 6) is 1.25. The van der Waals surface area contributed by atoms with Crippen LogP contribution in [0, 0.1) is 0 Å². The van der Waals surface area contributed by atoms with Crippen LogP contribution in [0.15, 0.2) is 33.6 Å². The largest absolute Gasteiger partial charge is 0.126 e. The first-order valence-electron chi connectivity index (χ1n) is 6.77. The number of halogens is 2. The molecule has 0 fully saturated rings. The molecule has 0 aromatic heterocycles. The van der Waals surface area contributed by atoms with Crippen LogP contribution in [-0.4, -0.2) is 11.1 Å². The number of hydrogen-bond acceptors (Lipinski definition) is 1. The Balaban J connectivity index is 1.92. The number of hydrogen-bond donors (Lipinski definition) is 0. The highest BCUT2D eigenvalue weighted by Crippen LogP contribution is 2.23. The monoisotopic (exact) mass is 392 g/mol. The van der Waals surface area contributed by atoms with Crippen LogP contribution in [0.25, 0.3) is 0 Å². The van der Waals surface area contributed by atoms with Crippen molar-refractivity contribution in [2.24, 2.45) is 0 Å². The lowest BCUT2D eigenvalue weighted by Crippen LogP contribution is -1.84. The predicted molar refractivity (Wildman–Crippen MR) is 91.0 cm³/mol. The maximum absolute atomic E-state index is 3.51. The van der Waals surface area contributed by atoms with Gasteiger partial charge in [0.05, 0.1) is 0 Å². The summed E-state index contributed by atoms with van der Waals surface area (Å²) in [7, 11) is 0. The molecule has 0 aliphatic rings. The Hall–Kier alpha value is 0.530. The van der Waals surface area contributed by atoms with Crippen LogP contribution in [-0.2, 0) is 0 Å². The molecule has 0 heterocycles. The maximum atomic E-state index is 3.51. The van der Waals surface area contributed by atoms with Gasteiger partial charge in [0, 0.05) is 14.7 Å². The second kappa shape index (κ2) is 11.4. The van der Waals surface area contributed by atoms with Crippen molar-refractivity contribution in [3.63, 3.8) is 0 Å². The summed E-state index contributed by atoms with van der Waals surface area (Å²) >= 11 is 8.95. The molecule has 0 atom stereocenters. The molecule has 0 bridgehead atoms. The number of rotatable bonds is 10. The highest BCUT2D eigenvalue weighted by Gasteiger charge is 1.96. The van der Waals surface area contributed by atoms with Gasteiger partial charge in [-0.1, -0.05) is 70.0 Å². The van der Waals surface area contributed by atoms with E-state index in [0.29, 0.717) is 0 Å². The van der Waals surface area contributed by atoms with Crippen LogP contribution >= 0.6 is 43.6 Å². The van der Waals surface area contributed by atoms with E-state index in [0.717, 1.165) is 5.33 Å². The van der Waals surface area contributed by atoms with Crippen LogP contribution in [0.2, 0.25) is 0 Å². The van der Waals surface area contributed by atoms with E-state index in [4.69, 9.17) is 0 Å². The Morgan fingerprint density at radius 3 is 2.22 bits per heavy atom. The summed E-state index contributed by atoms with van der Waals surface area (Å²) in [6.45, 7) is 0. The van der Waals surface area contributed by atoms with Gasteiger partial charge in [-0.15, -0.1) is 11.8 Å². The van der Waals surface area contributed by atoms with Gasteiger partial charge in [-0.3, -0.25) is 0 Å². The molecule has 1 aromatic rings. The van der Waals surface area contributed by atoms with Gasteiger partial charge < -0.3 is 0 Å². The molecule has 0 aliphatic heterocycles. The molecule has 0 radical (unpaired) electrons. The van der Waals surface area contributed by atoms with Gasteiger partial charge in [-0.2, -0.15) is 0 Å². The van der Waals surface area contributed by atoms with E-state index >= 15 is 0 Å². The molecule has 0 N–H and O–H groups in total. The summed E-state index contributed by atoms with van der Waals surface area (Å²) in [5, 5.41) is 1.16. The summed E-state index contributed by atoms with van der Waals surface area (Å²) in [4.78, 5) is 1.38. The van der Waals surface area contributed by atoms with Gasteiger partial charge in [0.15, 0.2) is 0 Å². The Morgan fingerprint density at radius 2 is 1.56 bits per heavy atom. The van der Waals surface area contributed by atoms with Crippen molar-refractivity contribution in [2.75, 3.05) is 11.1 Å². The third kappa shape index (κ3) is 8.60. The van der Waals surface area contributed by atoms with Crippen LogP contribution < -0.4 is 0 Å². The van der Waals surface area contributed by atoms with Gasteiger partial charge in [-0.05, 0) is 36.8 Å². The van der Waals surface area contributed by atoms with Crippen LogP contribution in [0.4, 0.5) is 0 Å². The fourth-order valence-electron chi connectivity index (χ4n) is 1.83. The Morgan fingerprint density at radius 1 is 0.889 bits per heavy atom.